The zero-order chi connectivity index (χ0) is 12.5. The molecule has 4 heteroatoms. The molecule has 2 aliphatic heterocycles. The third-order valence-corrected chi connectivity index (χ3v) is 4.24. The van der Waals surface area contributed by atoms with Gasteiger partial charge in [0.25, 0.3) is 5.91 Å². The first kappa shape index (κ1) is 12.0. The maximum atomic E-state index is 12.5. The van der Waals surface area contributed by atoms with E-state index in [0.29, 0.717) is 22.7 Å². The lowest BCUT2D eigenvalue weighted by Crippen LogP contribution is -2.39. The Balaban J connectivity index is 1.78. The molecule has 2 unspecified atom stereocenters. The van der Waals surface area contributed by atoms with Crippen LogP contribution in [0.25, 0.3) is 0 Å². The van der Waals surface area contributed by atoms with Crippen LogP contribution in [-0.4, -0.2) is 36.0 Å². The van der Waals surface area contributed by atoms with E-state index in [0.717, 1.165) is 19.5 Å². The van der Waals surface area contributed by atoms with E-state index in [-0.39, 0.29) is 5.91 Å². The minimum absolute atomic E-state index is 0.0648. The Bertz CT molecular complexity index is 463. The Morgan fingerprint density at radius 1 is 1.22 bits per heavy atom. The topological polar surface area (TPSA) is 32.3 Å². The van der Waals surface area contributed by atoms with Crippen molar-refractivity contribution < 1.29 is 4.79 Å². The van der Waals surface area contributed by atoms with Gasteiger partial charge in [0.05, 0.1) is 10.6 Å². The molecular weight excluding hydrogens is 248 g/mol. The minimum atomic E-state index is 0.0648. The molecule has 0 radical (unpaired) electrons. The molecule has 2 atom stereocenters. The van der Waals surface area contributed by atoms with Crippen molar-refractivity contribution in [1.29, 1.82) is 0 Å². The van der Waals surface area contributed by atoms with Crippen LogP contribution in [0.15, 0.2) is 24.3 Å². The van der Waals surface area contributed by atoms with Gasteiger partial charge in [-0.3, -0.25) is 4.79 Å². The van der Waals surface area contributed by atoms with E-state index in [1.165, 1.54) is 12.8 Å². The number of rotatable bonds is 1. The molecule has 2 bridgehead atoms. The van der Waals surface area contributed by atoms with Crippen LogP contribution in [0.2, 0.25) is 5.02 Å². The minimum Gasteiger partial charge on any atom is -0.337 e. The second-order valence-corrected chi connectivity index (χ2v) is 5.56. The lowest BCUT2D eigenvalue weighted by molar-refractivity contribution is 0.0748. The SMILES string of the molecule is O=C(c1ccccc1Cl)N1CCC2CCC(C1)N2. The van der Waals surface area contributed by atoms with Crippen molar-refractivity contribution in [3.8, 4) is 0 Å². The predicted octanol–water partition coefficient (Wildman–Crippen LogP) is 2.31. The fourth-order valence-corrected chi connectivity index (χ4v) is 3.15. The van der Waals surface area contributed by atoms with Crippen molar-refractivity contribution in [3.63, 3.8) is 0 Å². The molecule has 0 spiro atoms. The fourth-order valence-electron chi connectivity index (χ4n) is 2.93. The Labute approximate surface area is 112 Å². The second-order valence-electron chi connectivity index (χ2n) is 5.16. The van der Waals surface area contributed by atoms with Gasteiger partial charge in [0.15, 0.2) is 0 Å². The third kappa shape index (κ3) is 2.25. The summed E-state index contributed by atoms with van der Waals surface area (Å²) >= 11 is 6.10. The monoisotopic (exact) mass is 264 g/mol. The van der Waals surface area contributed by atoms with Crippen molar-refractivity contribution >= 4 is 17.5 Å². The van der Waals surface area contributed by atoms with Crippen LogP contribution < -0.4 is 5.32 Å². The van der Waals surface area contributed by atoms with E-state index in [9.17, 15) is 4.79 Å². The number of fused-ring (bicyclic) bond motifs is 2. The number of benzene rings is 1. The van der Waals surface area contributed by atoms with E-state index in [1.54, 1.807) is 12.1 Å². The standard InChI is InChI=1S/C14H17ClN2O/c15-13-4-2-1-3-12(13)14(18)17-8-7-10-5-6-11(9-17)16-10/h1-4,10-11,16H,5-9H2. The number of nitrogens with one attached hydrogen (secondary N) is 1. The number of hydrogen-bond donors (Lipinski definition) is 1. The van der Waals surface area contributed by atoms with Gasteiger partial charge in [0.1, 0.15) is 0 Å². The largest absolute Gasteiger partial charge is 0.337 e. The van der Waals surface area contributed by atoms with Gasteiger partial charge < -0.3 is 10.2 Å². The van der Waals surface area contributed by atoms with Crippen LogP contribution in [0.5, 0.6) is 0 Å². The zero-order valence-electron chi connectivity index (χ0n) is 10.2. The van der Waals surface area contributed by atoms with E-state index >= 15 is 0 Å². The fraction of sp³-hybridized carbons (Fsp3) is 0.500. The van der Waals surface area contributed by atoms with Crippen molar-refractivity contribution in [3.05, 3.63) is 34.9 Å². The lowest BCUT2D eigenvalue weighted by atomic mass is 10.1. The molecule has 0 saturated carbocycles. The summed E-state index contributed by atoms with van der Waals surface area (Å²) in [5, 5.41) is 4.12. The van der Waals surface area contributed by atoms with Crippen LogP contribution >= 0.6 is 11.6 Å². The van der Waals surface area contributed by atoms with Gasteiger partial charge in [0.2, 0.25) is 0 Å². The highest BCUT2D eigenvalue weighted by Crippen LogP contribution is 2.23. The molecule has 0 aromatic heterocycles. The highest BCUT2D eigenvalue weighted by Gasteiger charge is 2.31. The second kappa shape index (κ2) is 4.90. The van der Waals surface area contributed by atoms with Crippen LogP contribution in [0, 0.1) is 0 Å². The predicted molar refractivity (Wildman–Crippen MR) is 71.9 cm³/mol. The summed E-state index contributed by atoms with van der Waals surface area (Å²) < 4.78 is 0. The lowest BCUT2D eigenvalue weighted by Gasteiger charge is -2.24. The molecule has 2 aliphatic rings. The molecule has 2 heterocycles. The third-order valence-electron chi connectivity index (χ3n) is 3.91. The van der Waals surface area contributed by atoms with Gasteiger partial charge in [-0.25, -0.2) is 0 Å². The van der Waals surface area contributed by atoms with Gasteiger partial charge in [-0.2, -0.15) is 0 Å². The molecule has 2 saturated heterocycles. The number of carbonyl (C=O) groups excluding carboxylic acids is 1. The Hall–Kier alpha value is -1.06. The normalized spacial score (nSPS) is 27.1. The summed E-state index contributed by atoms with van der Waals surface area (Å²) in [7, 11) is 0. The molecule has 96 valence electrons. The summed E-state index contributed by atoms with van der Waals surface area (Å²) in [6, 6.07) is 8.35. The Morgan fingerprint density at radius 3 is 2.83 bits per heavy atom. The molecule has 18 heavy (non-hydrogen) atoms. The molecule has 1 aromatic carbocycles. The van der Waals surface area contributed by atoms with Crippen molar-refractivity contribution in [2.75, 3.05) is 13.1 Å². The number of amides is 1. The highest BCUT2D eigenvalue weighted by molar-refractivity contribution is 6.33. The quantitative estimate of drug-likeness (QED) is 0.844. The molecule has 1 amide bonds. The summed E-state index contributed by atoms with van der Waals surface area (Å²) in [6.07, 6.45) is 3.47. The van der Waals surface area contributed by atoms with Crippen LogP contribution in [0.4, 0.5) is 0 Å². The molecule has 3 nitrogen and oxygen atoms in total. The summed E-state index contributed by atoms with van der Waals surface area (Å²) in [4.78, 5) is 14.4. The van der Waals surface area contributed by atoms with E-state index in [2.05, 4.69) is 5.32 Å². The van der Waals surface area contributed by atoms with Crippen LogP contribution in [0.3, 0.4) is 0 Å². The summed E-state index contributed by atoms with van der Waals surface area (Å²) in [6.45, 7) is 1.64. The van der Waals surface area contributed by atoms with Gasteiger partial charge in [-0.15, -0.1) is 0 Å². The van der Waals surface area contributed by atoms with Gasteiger partial charge in [-0.05, 0) is 31.4 Å². The number of hydrogen-bond acceptors (Lipinski definition) is 2. The average Bonchev–Trinajstić information content (AvgIpc) is 2.69. The summed E-state index contributed by atoms with van der Waals surface area (Å²) in [5.74, 6) is 0.0648. The maximum absolute atomic E-state index is 12.5. The van der Waals surface area contributed by atoms with E-state index in [4.69, 9.17) is 11.6 Å². The van der Waals surface area contributed by atoms with Gasteiger partial charge in [0, 0.05) is 25.2 Å². The molecule has 0 aliphatic carbocycles. The number of nitrogens with zero attached hydrogens (tertiary/aromatic N) is 1. The Kier molecular flexibility index (Phi) is 3.27. The molecule has 1 aromatic rings. The van der Waals surface area contributed by atoms with Crippen LogP contribution in [0.1, 0.15) is 29.6 Å². The molecular formula is C14H17ClN2O. The zero-order valence-corrected chi connectivity index (χ0v) is 11.0. The van der Waals surface area contributed by atoms with Crippen molar-refractivity contribution in [2.24, 2.45) is 0 Å². The smallest absolute Gasteiger partial charge is 0.255 e. The average molecular weight is 265 g/mol. The van der Waals surface area contributed by atoms with Crippen molar-refractivity contribution in [2.45, 2.75) is 31.3 Å². The van der Waals surface area contributed by atoms with Crippen LogP contribution in [-0.2, 0) is 0 Å². The summed E-state index contributed by atoms with van der Waals surface area (Å²) in [5.41, 5.74) is 0.622. The van der Waals surface area contributed by atoms with E-state index in [1.807, 2.05) is 17.0 Å². The molecule has 2 fully saturated rings. The van der Waals surface area contributed by atoms with Gasteiger partial charge >= 0.3 is 0 Å². The maximum Gasteiger partial charge on any atom is 0.255 e. The first-order valence-corrected chi connectivity index (χ1v) is 6.91. The van der Waals surface area contributed by atoms with Crippen molar-refractivity contribution in [1.82, 2.24) is 10.2 Å². The Morgan fingerprint density at radius 2 is 2.00 bits per heavy atom. The van der Waals surface area contributed by atoms with Gasteiger partial charge in [-0.1, -0.05) is 23.7 Å². The first-order chi connectivity index (χ1) is 8.74. The highest BCUT2D eigenvalue weighted by atomic mass is 35.5. The number of likely N-dealkylation sites (tertiary alicyclic amines) is 1. The number of halogens is 1. The van der Waals surface area contributed by atoms with E-state index < -0.39 is 0 Å². The molecule has 1 N–H and O–H groups in total. The first-order valence-electron chi connectivity index (χ1n) is 6.54. The molecule has 3 rings (SSSR count). The number of carbonyl (C=O) groups is 1.